The first kappa shape index (κ1) is 42.4. The zero-order valence-corrected chi connectivity index (χ0v) is 32.9. The van der Waals surface area contributed by atoms with Crippen LogP contribution >= 0.6 is 0 Å². The van der Waals surface area contributed by atoms with Crippen molar-refractivity contribution in [3.05, 3.63) is 30.1 Å². The van der Waals surface area contributed by atoms with Gasteiger partial charge in [0.25, 0.3) is 0 Å². The van der Waals surface area contributed by atoms with E-state index in [1.54, 1.807) is 59.1 Å². The molecule has 4 rings (SSSR count). The van der Waals surface area contributed by atoms with E-state index in [0.717, 1.165) is 0 Å². The lowest BCUT2D eigenvalue weighted by Crippen LogP contribution is -2.60. The Balaban J connectivity index is 1.87. The van der Waals surface area contributed by atoms with Crippen molar-refractivity contribution >= 4 is 23.8 Å². The van der Waals surface area contributed by atoms with Crippen LogP contribution in [-0.2, 0) is 49.2 Å². The molecule has 0 radical (unpaired) electrons. The van der Waals surface area contributed by atoms with Crippen LogP contribution in [0.25, 0.3) is 0 Å². The molecule has 3 aliphatic rings. The minimum Gasteiger partial charge on any atom is -0.461 e. The zero-order chi connectivity index (χ0) is 39.4. The van der Waals surface area contributed by atoms with Gasteiger partial charge in [0.05, 0.1) is 35.9 Å². The van der Waals surface area contributed by atoms with Crippen LogP contribution in [0.3, 0.4) is 0 Å². The van der Waals surface area contributed by atoms with Crippen LogP contribution < -0.4 is 0 Å². The number of pyridine rings is 1. The number of aliphatic hydroxyl groups excluding tert-OH is 1. The number of aliphatic hydroxyl groups is 1. The summed E-state index contributed by atoms with van der Waals surface area (Å²) in [6, 6.07) is 3.16. The van der Waals surface area contributed by atoms with Crippen LogP contribution in [0.2, 0.25) is 0 Å². The molecule has 3 saturated heterocycles. The van der Waals surface area contributed by atoms with Gasteiger partial charge in [0.1, 0.15) is 18.3 Å². The number of fused-ring (bicyclic) bond motifs is 1. The largest absolute Gasteiger partial charge is 0.509 e. The van der Waals surface area contributed by atoms with Crippen molar-refractivity contribution in [2.75, 3.05) is 21.2 Å². The van der Waals surface area contributed by atoms with Gasteiger partial charge in [0, 0.05) is 43.3 Å². The van der Waals surface area contributed by atoms with Crippen molar-refractivity contribution in [1.29, 1.82) is 0 Å². The van der Waals surface area contributed by atoms with E-state index in [4.69, 9.17) is 33.2 Å². The maximum Gasteiger partial charge on any atom is 0.509 e. The minimum atomic E-state index is -1.46. The van der Waals surface area contributed by atoms with E-state index in [0.29, 0.717) is 12.0 Å². The molecule has 0 bridgehead atoms. The number of carbonyl (C=O) groups excluding carboxylic acids is 3. The molecule has 3 aliphatic heterocycles. The van der Waals surface area contributed by atoms with Gasteiger partial charge in [-0.3, -0.25) is 14.6 Å². The molecule has 1 aromatic rings. The Bertz CT molecular complexity index is 1450. The molecule has 4 heterocycles. The van der Waals surface area contributed by atoms with E-state index in [1.165, 1.54) is 7.11 Å². The molecule has 0 aromatic carbocycles. The highest BCUT2D eigenvalue weighted by Gasteiger charge is 2.59. The number of likely N-dealkylation sites (N-methyl/N-ethyl adjacent to an activating group) is 1. The lowest BCUT2D eigenvalue weighted by atomic mass is 9.73. The van der Waals surface area contributed by atoms with Gasteiger partial charge in [-0.1, -0.05) is 38.9 Å². The summed E-state index contributed by atoms with van der Waals surface area (Å²) in [7, 11) is 5.26. The standard InChI is InChI=1S/C38H59N3O12/c1-12-27-38(8)33(52-36(45)53-38)22(4)29(40-46)20(2)18-37(7,47-11)32(51-35-30(43)26(41(9)10)16-21(3)48-35)23(5)31(24(6)34(44)49-27)50-28(42)17-25-14-13-15-39-19-25/h13-15,19-24,26-27,30-33,35,43,46H,12,16-18H2,1-11H3/b40-29+/t20-,21-,22+,23+,24-,26+,27-,30-,31+,32-,33-,35?,37+,38-/m1/s1. The summed E-state index contributed by atoms with van der Waals surface area (Å²) in [4.78, 5) is 46.6. The quantitative estimate of drug-likeness (QED) is 0.167. The number of aromatic nitrogens is 1. The van der Waals surface area contributed by atoms with Crippen LogP contribution in [0.15, 0.2) is 29.7 Å². The second-order valence-corrected chi connectivity index (χ2v) is 15.6. The number of oxime groups is 1. The zero-order valence-electron chi connectivity index (χ0n) is 32.9. The molecule has 0 aliphatic carbocycles. The number of nitrogens with zero attached hydrogens (tertiary/aromatic N) is 3. The van der Waals surface area contributed by atoms with E-state index in [9.17, 15) is 24.7 Å². The normalized spacial score (nSPS) is 40.8. The second-order valence-electron chi connectivity index (χ2n) is 15.6. The van der Waals surface area contributed by atoms with Crippen molar-refractivity contribution < 1.29 is 57.9 Å². The van der Waals surface area contributed by atoms with Crippen molar-refractivity contribution in [3.63, 3.8) is 0 Å². The Morgan fingerprint density at radius 1 is 1.11 bits per heavy atom. The Morgan fingerprint density at radius 3 is 2.40 bits per heavy atom. The lowest BCUT2D eigenvalue weighted by molar-refractivity contribution is -0.301. The van der Waals surface area contributed by atoms with Crippen LogP contribution in [0.1, 0.15) is 80.2 Å². The summed E-state index contributed by atoms with van der Waals surface area (Å²) in [5, 5.41) is 25.7. The van der Waals surface area contributed by atoms with Gasteiger partial charge in [0.2, 0.25) is 0 Å². The predicted molar refractivity (Wildman–Crippen MR) is 191 cm³/mol. The third kappa shape index (κ3) is 9.13. The molecule has 53 heavy (non-hydrogen) atoms. The number of esters is 2. The average molecular weight is 750 g/mol. The summed E-state index contributed by atoms with van der Waals surface area (Å²) in [6.45, 7) is 14.1. The highest BCUT2D eigenvalue weighted by molar-refractivity contribution is 5.89. The smallest absolute Gasteiger partial charge is 0.461 e. The molecule has 14 atom stereocenters. The fourth-order valence-corrected chi connectivity index (χ4v) is 8.46. The highest BCUT2D eigenvalue weighted by atomic mass is 16.8. The first-order valence-corrected chi connectivity index (χ1v) is 18.5. The van der Waals surface area contributed by atoms with Gasteiger partial charge in [-0.05, 0) is 72.7 Å². The van der Waals surface area contributed by atoms with Crippen molar-refractivity contribution in [2.45, 2.75) is 141 Å². The van der Waals surface area contributed by atoms with Crippen LogP contribution in [0.5, 0.6) is 0 Å². The van der Waals surface area contributed by atoms with E-state index in [1.807, 2.05) is 39.8 Å². The summed E-state index contributed by atoms with van der Waals surface area (Å²) < 4.78 is 43.1. The summed E-state index contributed by atoms with van der Waals surface area (Å²) in [6.07, 6.45) is -3.50. The molecule has 15 heteroatoms. The molecule has 1 aromatic heterocycles. The molecule has 0 spiro atoms. The third-order valence-corrected chi connectivity index (χ3v) is 11.4. The molecule has 2 N–H and O–H groups in total. The fraction of sp³-hybridized carbons (Fsp3) is 0.763. The number of carbonyl (C=O) groups is 3. The minimum absolute atomic E-state index is 0.117. The van der Waals surface area contributed by atoms with Gasteiger partial charge >= 0.3 is 18.1 Å². The number of hydrogen-bond acceptors (Lipinski definition) is 15. The molecule has 0 amide bonds. The third-order valence-electron chi connectivity index (χ3n) is 11.4. The van der Waals surface area contributed by atoms with E-state index in [-0.39, 0.29) is 37.1 Å². The topological polar surface area (TPSA) is 185 Å². The van der Waals surface area contributed by atoms with Crippen LogP contribution in [0.4, 0.5) is 4.79 Å². The molecule has 15 nitrogen and oxygen atoms in total. The van der Waals surface area contributed by atoms with Gasteiger partial charge < -0.3 is 48.4 Å². The fourth-order valence-electron chi connectivity index (χ4n) is 8.46. The van der Waals surface area contributed by atoms with E-state index >= 15 is 0 Å². The van der Waals surface area contributed by atoms with Crippen molar-refractivity contribution in [2.24, 2.45) is 28.8 Å². The maximum atomic E-state index is 14.2. The number of ether oxygens (including phenoxy) is 7. The van der Waals surface area contributed by atoms with E-state index < -0.39 is 89.8 Å². The molecular weight excluding hydrogens is 690 g/mol. The lowest BCUT2D eigenvalue weighted by Gasteiger charge is -2.48. The summed E-state index contributed by atoms with van der Waals surface area (Å²) in [5.74, 6) is -4.39. The first-order chi connectivity index (χ1) is 24.9. The molecule has 298 valence electrons. The monoisotopic (exact) mass is 749 g/mol. The summed E-state index contributed by atoms with van der Waals surface area (Å²) >= 11 is 0. The number of methoxy groups -OCH3 is 1. The van der Waals surface area contributed by atoms with Gasteiger partial charge in [-0.15, -0.1) is 0 Å². The first-order valence-electron chi connectivity index (χ1n) is 18.5. The molecule has 1 unspecified atom stereocenters. The van der Waals surface area contributed by atoms with Gasteiger partial charge in [-0.2, -0.15) is 0 Å². The van der Waals surface area contributed by atoms with E-state index in [2.05, 4.69) is 10.1 Å². The SMILES string of the molecule is CC[C@H]1OC(=O)[C@H](C)[C@@H](OC(=O)Cc2cccnc2)[C@H](C)[C@@H](OC2O[C@H](C)C[C@H](N(C)C)[C@H]2O)[C@@](C)(OC)C[C@@H](C)/C(=N\O)[C@H](C)[C@H]2OC(=O)O[C@@]21C. The van der Waals surface area contributed by atoms with Gasteiger partial charge in [-0.25, -0.2) is 4.79 Å². The molecular formula is C38H59N3O12. The molecule has 3 fully saturated rings. The average Bonchev–Trinajstić information content (AvgIpc) is 3.43. The van der Waals surface area contributed by atoms with Gasteiger partial charge in [0.15, 0.2) is 18.0 Å². The Morgan fingerprint density at radius 2 is 1.81 bits per heavy atom. The van der Waals surface area contributed by atoms with Crippen molar-refractivity contribution in [3.8, 4) is 0 Å². The highest BCUT2D eigenvalue weighted by Crippen LogP contribution is 2.43. The second kappa shape index (κ2) is 17.4. The predicted octanol–water partition coefficient (Wildman–Crippen LogP) is 4.15. The van der Waals surface area contributed by atoms with Crippen molar-refractivity contribution in [1.82, 2.24) is 9.88 Å². The number of cyclic esters (lactones) is 1. The maximum absolute atomic E-state index is 14.2. The number of hydrogen-bond donors (Lipinski definition) is 2. The molecule has 0 saturated carbocycles. The van der Waals surface area contributed by atoms with Crippen LogP contribution in [0, 0.1) is 23.7 Å². The summed E-state index contributed by atoms with van der Waals surface area (Å²) in [5.41, 5.74) is -1.80. The van der Waals surface area contributed by atoms with Crippen LogP contribution in [-0.4, -0.2) is 125 Å². The Hall–Kier alpha value is -3.37. The Kier molecular flexibility index (Phi) is 13.9. The number of rotatable bonds is 8. The Labute approximate surface area is 312 Å².